The van der Waals surface area contributed by atoms with E-state index in [4.69, 9.17) is 23.2 Å². The average molecular weight is 338 g/mol. The minimum absolute atomic E-state index is 0.0945. The fourth-order valence-electron chi connectivity index (χ4n) is 1.59. The van der Waals surface area contributed by atoms with Crippen molar-refractivity contribution in [2.75, 3.05) is 0 Å². The van der Waals surface area contributed by atoms with Crippen LogP contribution in [0, 0.1) is 10.1 Å². The van der Waals surface area contributed by atoms with Crippen molar-refractivity contribution in [2.45, 2.75) is 0 Å². The van der Waals surface area contributed by atoms with E-state index in [0.29, 0.717) is 15.6 Å². The Hall–Kier alpha value is -2.44. The first-order chi connectivity index (χ1) is 10.5. The highest BCUT2D eigenvalue weighted by Gasteiger charge is 2.08. The second kappa shape index (κ2) is 7.02. The van der Waals surface area contributed by atoms with Crippen LogP contribution in [0.15, 0.2) is 47.6 Å². The number of hydrogen-bond donors (Lipinski definition) is 1. The Kier molecular flexibility index (Phi) is 5.08. The lowest BCUT2D eigenvalue weighted by Crippen LogP contribution is -2.17. The lowest BCUT2D eigenvalue weighted by Gasteiger charge is -2.01. The topological polar surface area (TPSA) is 84.6 Å². The first-order valence-corrected chi connectivity index (χ1v) is 6.76. The van der Waals surface area contributed by atoms with Gasteiger partial charge in [-0.25, -0.2) is 5.43 Å². The first-order valence-electron chi connectivity index (χ1n) is 6.01. The molecule has 0 fully saturated rings. The van der Waals surface area contributed by atoms with Crippen molar-refractivity contribution in [1.29, 1.82) is 0 Å². The largest absolute Gasteiger partial charge is 0.271 e. The summed E-state index contributed by atoms with van der Waals surface area (Å²) in [4.78, 5) is 21.8. The summed E-state index contributed by atoms with van der Waals surface area (Å²) in [7, 11) is 0. The highest BCUT2D eigenvalue weighted by Crippen LogP contribution is 2.22. The number of halogens is 2. The molecule has 22 heavy (non-hydrogen) atoms. The Morgan fingerprint density at radius 1 is 1.14 bits per heavy atom. The Bertz CT molecular complexity index is 725. The van der Waals surface area contributed by atoms with E-state index >= 15 is 0 Å². The molecule has 0 heterocycles. The van der Waals surface area contributed by atoms with E-state index in [1.807, 2.05) is 0 Å². The smallest absolute Gasteiger partial charge is 0.267 e. The molecule has 2 rings (SSSR count). The van der Waals surface area contributed by atoms with Crippen molar-refractivity contribution < 1.29 is 9.72 Å². The van der Waals surface area contributed by atoms with Gasteiger partial charge in [0, 0.05) is 23.3 Å². The molecule has 0 unspecified atom stereocenters. The number of nitro groups is 1. The molecular weight excluding hydrogens is 329 g/mol. The fourth-order valence-corrected chi connectivity index (χ4v) is 2.08. The second-order valence-corrected chi connectivity index (χ2v) is 4.95. The zero-order chi connectivity index (χ0) is 16.1. The molecule has 6 nitrogen and oxygen atoms in total. The Morgan fingerprint density at radius 2 is 1.73 bits per heavy atom. The van der Waals surface area contributed by atoms with E-state index in [2.05, 4.69) is 10.5 Å². The maximum Gasteiger partial charge on any atom is 0.271 e. The molecule has 8 heteroatoms. The molecule has 0 aliphatic rings. The first kappa shape index (κ1) is 15.9. The van der Waals surface area contributed by atoms with Crippen LogP contribution in [-0.2, 0) is 0 Å². The van der Waals surface area contributed by atoms with Gasteiger partial charge in [-0.1, -0.05) is 29.3 Å². The van der Waals surface area contributed by atoms with Gasteiger partial charge in [-0.15, -0.1) is 0 Å². The molecule has 2 aromatic rings. The van der Waals surface area contributed by atoms with E-state index in [1.54, 1.807) is 18.2 Å². The number of carbonyl (C=O) groups excluding carboxylic acids is 1. The number of hydrazone groups is 1. The molecule has 0 bridgehead atoms. The van der Waals surface area contributed by atoms with Crippen LogP contribution in [0.4, 0.5) is 5.69 Å². The predicted octanol–water partition coefficient (Wildman–Crippen LogP) is 3.67. The van der Waals surface area contributed by atoms with E-state index in [1.165, 1.54) is 30.5 Å². The van der Waals surface area contributed by atoms with Gasteiger partial charge in [0.15, 0.2) is 0 Å². The van der Waals surface area contributed by atoms with Crippen molar-refractivity contribution in [3.63, 3.8) is 0 Å². The highest BCUT2D eigenvalue weighted by molar-refractivity contribution is 6.38. The number of hydrogen-bond acceptors (Lipinski definition) is 4. The van der Waals surface area contributed by atoms with Gasteiger partial charge in [-0.2, -0.15) is 5.10 Å². The monoisotopic (exact) mass is 337 g/mol. The molecule has 0 spiro atoms. The molecule has 0 aromatic heterocycles. The van der Waals surface area contributed by atoms with Crippen molar-refractivity contribution in [1.82, 2.24) is 5.43 Å². The van der Waals surface area contributed by atoms with Crippen LogP contribution in [0.2, 0.25) is 10.0 Å². The minimum Gasteiger partial charge on any atom is -0.267 e. The summed E-state index contributed by atoms with van der Waals surface area (Å²) in [5.41, 5.74) is 2.92. The number of rotatable bonds is 4. The Balaban J connectivity index is 2.06. The highest BCUT2D eigenvalue weighted by atomic mass is 35.5. The maximum atomic E-state index is 11.8. The molecule has 0 saturated heterocycles. The van der Waals surface area contributed by atoms with E-state index in [0.717, 1.165) is 0 Å². The summed E-state index contributed by atoms with van der Waals surface area (Å²) in [5.74, 6) is -0.505. The van der Waals surface area contributed by atoms with Gasteiger partial charge in [0.1, 0.15) is 0 Å². The molecule has 0 aliphatic carbocycles. The normalized spacial score (nSPS) is 10.6. The van der Waals surface area contributed by atoms with Crippen LogP contribution in [0.25, 0.3) is 0 Å². The summed E-state index contributed by atoms with van der Waals surface area (Å²) in [5, 5.41) is 15.1. The van der Waals surface area contributed by atoms with Crippen LogP contribution in [0.5, 0.6) is 0 Å². The standard InChI is InChI=1S/C14H9Cl2N3O3/c15-12-2-1-3-13(16)11(12)8-17-18-14(20)9-4-6-10(7-5-9)19(21)22/h1-8H,(H,18,20). The van der Waals surface area contributed by atoms with Crippen LogP contribution >= 0.6 is 23.2 Å². The fraction of sp³-hybridized carbons (Fsp3) is 0. The molecule has 2 aromatic carbocycles. The van der Waals surface area contributed by atoms with Crippen molar-refractivity contribution >= 4 is 41.0 Å². The molecule has 112 valence electrons. The average Bonchev–Trinajstić information content (AvgIpc) is 2.50. The van der Waals surface area contributed by atoms with Gasteiger partial charge in [-0.05, 0) is 24.3 Å². The maximum absolute atomic E-state index is 11.8. The zero-order valence-corrected chi connectivity index (χ0v) is 12.5. The second-order valence-electron chi connectivity index (χ2n) is 4.14. The molecule has 0 saturated carbocycles. The summed E-state index contributed by atoms with van der Waals surface area (Å²) in [6.07, 6.45) is 1.33. The third-order valence-corrected chi connectivity index (χ3v) is 3.36. The van der Waals surface area contributed by atoms with Gasteiger partial charge in [0.25, 0.3) is 11.6 Å². The van der Waals surface area contributed by atoms with Gasteiger partial charge >= 0.3 is 0 Å². The van der Waals surface area contributed by atoms with Gasteiger partial charge < -0.3 is 0 Å². The number of amides is 1. The van der Waals surface area contributed by atoms with Gasteiger partial charge in [0.2, 0.25) is 0 Å². The van der Waals surface area contributed by atoms with Crippen LogP contribution < -0.4 is 5.43 Å². The summed E-state index contributed by atoms with van der Waals surface area (Å²) in [6.45, 7) is 0. The van der Waals surface area contributed by atoms with Crippen molar-refractivity contribution in [2.24, 2.45) is 5.10 Å². The zero-order valence-electron chi connectivity index (χ0n) is 11.0. The number of nitrogens with one attached hydrogen (secondary N) is 1. The third kappa shape index (κ3) is 3.81. The summed E-state index contributed by atoms with van der Waals surface area (Å²) >= 11 is 11.9. The number of benzene rings is 2. The number of nitro benzene ring substituents is 1. The molecule has 0 radical (unpaired) electrons. The van der Waals surface area contributed by atoms with Crippen LogP contribution in [0.3, 0.4) is 0 Å². The Morgan fingerprint density at radius 3 is 2.27 bits per heavy atom. The third-order valence-electron chi connectivity index (χ3n) is 2.70. The number of carbonyl (C=O) groups is 1. The molecule has 1 amide bonds. The van der Waals surface area contributed by atoms with Crippen molar-refractivity contribution in [3.8, 4) is 0 Å². The lowest BCUT2D eigenvalue weighted by atomic mass is 10.2. The van der Waals surface area contributed by atoms with E-state index in [9.17, 15) is 14.9 Å². The van der Waals surface area contributed by atoms with Crippen molar-refractivity contribution in [3.05, 3.63) is 73.8 Å². The molecule has 0 aliphatic heterocycles. The number of nitrogens with zero attached hydrogens (tertiary/aromatic N) is 2. The van der Waals surface area contributed by atoms with Crippen LogP contribution in [0.1, 0.15) is 15.9 Å². The summed E-state index contributed by atoms with van der Waals surface area (Å²) < 4.78 is 0. The SMILES string of the molecule is O=C(NN=Cc1c(Cl)cccc1Cl)c1ccc([N+](=O)[O-])cc1. The minimum atomic E-state index is -0.542. The van der Waals surface area contributed by atoms with Gasteiger partial charge in [0.05, 0.1) is 21.2 Å². The van der Waals surface area contributed by atoms with E-state index < -0.39 is 10.8 Å². The van der Waals surface area contributed by atoms with E-state index in [-0.39, 0.29) is 11.3 Å². The van der Waals surface area contributed by atoms with Crippen LogP contribution in [-0.4, -0.2) is 17.0 Å². The Labute approximate surface area is 135 Å². The number of non-ortho nitro benzene ring substituents is 1. The molecule has 1 N–H and O–H groups in total. The molecular formula is C14H9Cl2N3O3. The lowest BCUT2D eigenvalue weighted by molar-refractivity contribution is -0.384. The quantitative estimate of drug-likeness (QED) is 0.524. The predicted molar refractivity (Wildman–Crippen MR) is 84.6 cm³/mol. The molecule has 0 atom stereocenters. The van der Waals surface area contributed by atoms with Gasteiger partial charge in [-0.3, -0.25) is 14.9 Å². The summed E-state index contributed by atoms with van der Waals surface area (Å²) in [6, 6.07) is 10.1.